The molecule has 1 aromatic heterocycles. The fraction of sp³-hybridized carbons (Fsp3) is 0.286. The number of halogens is 1. The Morgan fingerprint density at radius 1 is 1.28 bits per heavy atom. The molecular formula is C14H13ClN2O. The smallest absolute Gasteiger partial charge is 0.141 e. The molecule has 1 aliphatic carbocycles. The molecule has 0 saturated carbocycles. The SMILES string of the molecule is Cn1c(-c2ccccc2Cl)nc2c1CCC(=O)C2. The van der Waals surface area contributed by atoms with E-state index in [4.69, 9.17) is 11.6 Å². The molecule has 0 atom stereocenters. The first-order valence-corrected chi connectivity index (χ1v) is 6.35. The molecule has 18 heavy (non-hydrogen) atoms. The van der Waals surface area contributed by atoms with Crippen LogP contribution in [0.15, 0.2) is 24.3 Å². The fourth-order valence-corrected chi connectivity index (χ4v) is 2.68. The highest BCUT2D eigenvalue weighted by Gasteiger charge is 2.23. The van der Waals surface area contributed by atoms with Crippen LogP contribution in [0.25, 0.3) is 11.4 Å². The molecule has 1 heterocycles. The van der Waals surface area contributed by atoms with Gasteiger partial charge in [-0.3, -0.25) is 4.79 Å². The molecular weight excluding hydrogens is 248 g/mol. The lowest BCUT2D eigenvalue weighted by molar-refractivity contribution is -0.118. The van der Waals surface area contributed by atoms with Crippen LogP contribution in [-0.4, -0.2) is 15.3 Å². The number of ketones is 1. The van der Waals surface area contributed by atoms with E-state index >= 15 is 0 Å². The molecule has 0 spiro atoms. The Morgan fingerprint density at radius 2 is 2.06 bits per heavy atom. The first-order valence-electron chi connectivity index (χ1n) is 5.98. The zero-order valence-electron chi connectivity index (χ0n) is 10.1. The summed E-state index contributed by atoms with van der Waals surface area (Å²) in [7, 11) is 1.99. The van der Waals surface area contributed by atoms with E-state index < -0.39 is 0 Å². The van der Waals surface area contributed by atoms with E-state index in [1.54, 1.807) is 0 Å². The zero-order chi connectivity index (χ0) is 12.7. The second kappa shape index (κ2) is 4.25. The summed E-state index contributed by atoms with van der Waals surface area (Å²) in [5.41, 5.74) is 2.98. The second-order valence-electron chi connectivity index (χ2n) is 4.58. The number of Topliss-reactive ketones (excluding diaryl/α,β-unsaturated/α-hetero) is 1. The van der Waals surface area contributed by atoms with E-state index in [0.29, 0.717) is 17.9 Å². The second-order valence-corrected chi connectivity index (χ2v) is 4.99. The van der Waals surface area contributed by atoms with Gasteiger partial charge < -0.3 is 4.57 Å². The number of hydrogen-bond donors (Lipinski definition) is 0. The molecule has 1 aromatic carbocycles. The maximum absolute atomic E-state index is 11.5. The van der Waals surface area contributed by atoms with Crippen LogP contribution >= 0.6 is 11.6 Å². The minimum atomic E-state index is 0.270. The first-order chi connectivity index (χ1) is 8.66. The molecule has 0 fully saturated rings. The number of carbonyl (C=O) groups is 1. The van der Waals surface area contributed by atoms with Crippen molar-refractivity contribution in [2.75, 3.05) is 0 Å². The molecule has 2 aromatic rings. The number of benzene rings is 1. The molecule has 0 radical (unpaired) electrons. The zero-order valence-corrected chi connectivity index (χ0v) is 10.9. The van der Waals surface area contributed by atoms with Crippen molar-refractivity contribution in [2.24, 2.45) is 7.05 Å². The third-order valence-corrected chi connectivity index (χ3v) is 3.75. The van der Waals surface area contributed by atoms with Crippen molar-refractivity contribution in [3.05, 3.63) is 40.7 Å². The molecule has 4 heteroatoms. The van der Waals surface area contributed by atoms with Gasteiger partial charge in [-0.2, -0.15) is 0 Å². The van der Waals surface area contributed by atoms with Gasteiger partial charge in [-0.1, -0.05) is 23.7 Å². The largest absolute Gasteiger partial charge is 0.331 e. The normalized spacial score (nSPS) is 14.7. The van der Waals surface area contributed by atoms with Crippen molar-refractivity contribution in [3.8, 4) is 11.4 Å². The average molecular weight is 261 g/mol. The average Bonchev–Trinajstić information content (AvgIpc) is 2.67. The van der Waals surface area contributed by atoms with Gasteiger partial charge in [0.1, 0.15) is 11.6 Å². The highest BCUT2D eigenvalue weighted by atomic mass is 35.5. The Hall–Kier alpha value is -1.61. The van der Waals surface area contributed by atoms with E-state index in [9.17, 15) is 4.79 Å². The van der Waals surface area contributed by atoms with Gasteiger partial charge >= 0.3 is 0 Å². The van der Waals surface area contributed by atoms with E-state index in [1.165, 1.54) is 0 Å². The summed E-state index contributed by atoms with van der Waals surface area (Å²) in [6.45, 7) is 0. The minimum Gasteiger partial charge on any atom is -0.331 e. The minimum absolute atomic E-state index is 0.270. The first kappa shape index (κ1) is 11.5. The van der Waals surface area contributed by atoms with Gasteiger partial charge in [0.25, 0.3) is 0 Å². The lowest BCUT2D eigenvalue weighted by Crippen LogP contribution is -2.14. The van der Waals surface area contributed by atoms with E-state index in [0.717, 1.165) is 29.2 Å². The molecule has 3 nitrogen and oxygen atoms in total. The molecule has 0 amide bonds. The van der Waals surface area contributed by atoms with Gasteiger partial charge in [0, 0.05) is 24.7 Å². The highest BCUT2D eigenvalue weighted by Crippen LogP contribution is 2.30. The Labute approximate surface area is 110 Å². The van der Waals surface area contributed by atoms with Gasteiger partial charge in [0.05, 0.1) is 17.1 Å². The van der Waals surface area contributed by atoms with Crippen molar-refractivity contribution in [3.63, 3.8) is 0 Å². The van der Waals surface area contributed by atoms with Crippen LogP contribution in [0, 0.1) is 0 Å². The number of hydrogen-bond acceptors (Lipinski definition) is 2. The van der Waals surface area contributed by atoms with Crippen LogP contribution in [0.3, 0.4) is 0 Å². The van der Waals surface area contributed by atoms with Gasteiger partial charge in [-0.25, -0.2) is 4.98 Å². The predicted molar refractivity (Wildman–Crippen MR) is 70.7 cm³/mol. The standard InChI is InChI=1S/C14H13ClN2O/c1-17-13-7-6-9(18)8-12(13)16-14(17)10-4-2-3-5-11(10)15/h2-5H,6-8H2,1H3. The molecule has 0 N–H and O–H groups in total. The summed E-state index contributed by atoms with van der Waals surface area (Å²) in [4.78, 5) is 16.1. The molecule has 0 saturated heterocycles. The van der Waals surface area contributed by atoms with Crippen LogP contribution in [0.2, 0.25) is 5.02 Å². The van der Waals surface area contributed by atoms with E-state index in [2.05, 4.69) is 9.55 Å². The van der Waals surface area contributed by atoms with Crippen molar-refractivity contribution < 1.29 is 4.79 Å². The highest BCUT2D eigenvalue weighted by molar-refractivity contribution is 6.33. The number of rotatable bonds is 1. The lowest BCUT2D eigenvalue weighted by atomic mass is 10.00. The van der Waals surface area contributed by atoms with E-state index in [-0.39, 0.29) is 5.78 Å². The topological polar surface area (TPSA) is 34.9 Å². The number of aromatic nitrogens is 2. The van der Waals surface area contributed by atoms with Crippen molar-refractivity contribution in [2.45, 2.75) is 19.3 Å². The monoisotopic (exact) mass is 260 g/mol. The number of fused-ring (bicyclic) bond motifs is 1. The van der Waals surface area contributed by atoms with Gasteiger partial charge in [-0.15, -0.1) is 0 Å². The molecule has 0 aliphatic heterocycles. The third kappa shape index (κ3) is 1.75. The number of nitrogens with zero attached hydrogens (tertiary/aromatic N) is 2. The number of carbonyl (C=O) groups excluding carboxylic acids is 1. The summed E-state index contributed by atoms with van der Waals surface area (Å²) in [5.74, 6) is 1.12. The summed E-state index contributed by atoms with van der Waals surface area (Å²) >= 11 is 6.20. The Balaban J connectivity index is 2.15. The molecule has 1 aliphatic rings. The Kier molecular flexibility index (Phi) is 2.71. The summed E-state index contributed by atoms with van der Waals surface area (Å²) in [6.07, 6.45) is 1.85. The number of imidazole rings is 1. The van der Waals surface area contributed by atoms with Gasteiger partial charge in [-0.05, 0) is 18.6 Å². The molecule has 3 rings (SSSR count). The lowest BCUT2D eigenvalue weighted by Gasteiger charge is -2.11. The summed E-state index contributed by atoms with van der Waals surface area (Å²) in [6, 6.07) is 7.66. The van der Waals surface area contributed by atoms with Crippen LogP contribution in [0.5, 0.6) is 0 Å². The van der Waals surface area contributed by atoms with Crippen LogP contribution < -0.4 is 0 Å². The maximum atomic E-state index is 11.5. The molecule has 0 bridgehead atoms. The van der Waals surface area contributed by atoms with Crippen LogP contribution in [-0.2, 0) is 24.7 Å². The van der Waals surface area contributed by atoms with Crippen LogP contribution in [0.4, 0.5) is 0 Å². The van der Waals surface area contributed by atoms with E-state index in [1.807, 2.05) is 31.3 Å². The van der Waals surface area contributed by atoms with Gasteiger partial charge in [0.2, 0.25) is 0 Å². The third-order valence-electron chi connectivity index (χ3n) is 3.42. The Bertz CT molecular complexity index is 631. The quantitative estimate of drug-likeness (QED) is 0.790. The maximum Gasteiger partial charge on any atom is 0.141 e. The summed E-state index contributed by atoms with van der Waals surface area (Å²) < 4.78 is 2.06. The Morgan fingerprint density at radius 3 is 2.83 bits per heavy atom. The van der Waals surface area contributed by atoms with Crippen molar-refractivity contribution in [1.82, 2.24) is 9.55 Å². The van der Waals surface area contributed by atoms with Gasteiger partial charge in [0.15, 0.2) is 0 Å². The van der Waals surface area contributed by atoms with Crippen LogP contribution in [0.1, 0.15) is 17.8 Å². The molecule has 92 valence electrons. The predicted octanol–water partition coefficient (Wildman–Crippen LogP) is 2.80. The van der Waals surface area contributed by atoms with Crippen molar-refractivity contribution in [1.29, 1.82) is 0 Å². The summed E-state index contributed by atoms with van der Waals surface area (Å²) in [5, 5.41) is 0.689. The molecule has 0 unspecified atom stereocenters. The van der Waals surface area contributed by atoms with Crippen molar-refractivity contribution >= 4 is 17.4 Å². The fourth-order valence-electron chi connectivity index (χ4n) is 2.46.